The van der Waals surface area contributed by atoms with E-state index in [1.807, 2.05) is 11.5 Å². The summed E-state index contributed by atoms with van der Waals surface area (Å²) in [6, 6.07) is 11.7. The maximum absolute atomic E-state index is 10.9. The summed E-state index contributed by atoms with van der Waals surface area (Å²) in [4.78, 5) is 36.5. The molecule has 7 nitrogen and oxygen atoms in total. The van der Waals surface area contributed by atoms with E-state index < -0.39 is 0 Å². The molecular weight excluding hydrogens is 296 g/mol. The smallest absolute Gasteiger partial charge is 0.265 e. The van der Waals surface area contributed by atoms with Crippen LogP contribution in [0.5, 0.6) is 0 Å². The van der Waals surface area contributed by atoms with Crippen molar-refractivity contribution in [2.45, 2.75) is 13.8 Å². The standard InChI is InChI=1S/C9H10N2O2.C7H8N2O/c1-5(12)8-3-7(10)4-9(11-8)6(2)13;8-9-7(10)6-4-2-1-3-5-6/h3-4H,1-2H3,(H2,10,11);1-5H,8H2,(H,9,10). The van der Waals surface area contributed by atoms with Gasteiger partial charge < -0.3 is 5.73 Å². The molecule has 0 saturated carbocycles. The van der Waals surface area contributed by atoms with E-state index in [1.54, 1.807) is 24.3 Å². The van der Waals surface area contributed by atoms with Gasteiger partial charge in [-0.15, -0.1) is 0 Å². The van der Waals surface area contributed by atoms with Gasteiger partial charge in [-0.2, -0.15) is 0 Å². The van der Waals surface area contributed by atoms with Crippen molar-refractivity contribution in [3.05, 3.63) is 59.4 Å². The molecule has 23 heavy (non-hydrogen) atoms. The molecule has 1 aromatic carbocycles. The van der Waals surface area contributed by atoms with Gasteiger partial charge in [0.1, 0.15) is 11.4 Å². The topological polar surface area (TPSA) is 128 Å². The fraction of sp³-hybridized carbons (Fsp3) is 0.125. The highest BCUT2D eigenvalue weighted by Crippen LogP contribution is 2.08. The first-order chi connectivity index (χ1) is 10.8. The fourth-order valence-corrected chi connectivity index (χ4v) is 1.59. The first kappa shape index (κ1) is 18.0. The first-order valence-electron chi connectivity index (χ1n) is 6.70. The van der Waals surface area contributed by atoms with Crippen LogP contribution in [0.15, 0.2) is 42.5 Å². The molecule has 2 aromatic rings. The van der Waals surface area contributed by atoms with Gasteiger partial charge in [0.25, 0.3) is 5.91 Å². The van der Waals surface area contributed by atoms with Gasteiger partial charge in [0.15, 0.2) is 11.6 Å². The lowest BCUT2D eigenvalue weighted by Crippen LogP contribution is -2.29. The molecule has 0 atom stereocenters. The normalized spacial score (nSPS) is 9.35. The van der Waals surface area contributed by atoms with Crippen LogP contribution in [0.1, 0.15) is 45.2 Å². The lowest BCUT2D eigenvalue weighted by Gasteiger charge is -2.00. The minimum atomic E-state index is -0.263. The Labute approximate surface area is 133 Å². The number of Topliss-reactive ketones (excluding diaryl/α,β-unsaturated/α-hetero) is 2. The van der Waals surface area contributed by atoms with Gasteiger partial charge in [-0.1, -0.05) is 18.2 Å². The van der Waals surface area contributed by atoms with E-state index in [4.69, 9.17) is 11.6 Å². The molecule has 0 unspecified atom stereocenters. The van der Waals surface area contributed by atoms with Crippen LogP contribution in [0.4, 0.5) is 5.69 Å². The second-order valence-corrected chi connectivity index (χ2v) is 4.62. The van der Waals surface area contributed by atoms with Gasteiger partial charge in [0.2, 0.25) is 0 Å². The third kappa shape index (κ3) is 5.68. The molecule has 0 bridgehead atoms. The number of aromatic nitrogens is 1. The van der Waals surface area contributed by atoms with E-state index >= 15 is 0 Å². The third-order valence-electron chi connectivity index (χ3n) is 2.74. The maximum atomic E-state index is 10.9. The molecule has 1 heterocycles. The average Bonchev–Trinajstić information content (AvgIpc) is 2.54. The maximum Gasteiger partial charge on any atom is 0.265 e. The van der Waals surface area contributed by atoms with E-state index in [0.29, 0.717) is 11.3 Å². The van der Waals surface area contributed by atoms with Gasteiger partial charge in [-0.25, -0.2) is 10.8 Å². The monoisotopic (exact) mass is 314 g/mol. The average molecular weight is 314 g/mol. The quantitative estimate of drug-likeness (QED) is 0.339. The van der Waals surface area contributed by atoms with Crippen molar-refractivity contribution in [1.82, 2.24) is 10.4 Å². The molecule has 0 aliphatic carbocycles. The zero-order chi connectivity index (χ0) is 17.4. The number of benzene rings is 1. The number of hydrazine groups is 1. The van der Waals surface area contributed by atoms with Crippen molar-refractivity contribution in [3.8, 4) is 0 Å². The molecule has 5 N–H and O–H groups in total. The molecule has 0 fully saturated rings. The Morgan fingerprint density at radius 2 is 1.43 bits per heavy atom. The van der Waals surface area contributed by atoms with Crippen molar-refractivity contribution < 1.29 is 14.4 Å². The Hall–Kier alpha value is -3.06. The molecule has 0 saturated heterocycles. The largest absolute Gasteiger partial charge is 0.399 e. The van der Waals surface area contributed by atoms with E-state index in [1.165, 1.54) is 26.0 Å². The van der Waals surface area contributed by atoms with Crippen LogP contribution < -0.4 is 17.0 Å². The molecule has 0 spiro atoms. The van der Waals surface area contributed by atoms with E-state index in [9.17, 15) is 14.4 Å². The number of hydrogen-bond donors (Lipinski definition) is 3. The van der Waals surface area contributed by atoms with Crippen molar-refractivity contribution in [2.24, 2.45) is 5.84 Å². The highest BCUT2D eigenvalue weighted by atomic mass is 16.2. The Kier molecular flexibility index (Phi) is 6.57. The number of amides is 1. The molecule has 2 rings (SSSR count). The molecular formula is C16H18N4O3. The summed E-state index contributed by atoms with van der Waals surface area (Å²) in [7, 11) is 0. The van der Waals surface area contributed by atoms with Gasteiger partial charge >= 0.3 is 0 Å². The van der Waals surface area contributed by atoms with Gasteiger partial charge in [-0.05, 0) is 24.3 Å². The highest BCUT2D eigenvalue weighted by Gasteiger charge is 2.07. The van der Waals surface area contributed by atoms with Crippen LogP contribution in [-0.4, -0.2) is 22.5 Å². The van der Waals surface area contributed by atoms with Crippen LogP contribution in [0.3, 0.4) is 0 Å². The number of nitrogen functional groups attached to an aromatic ring is 2. The zero-order valence-corrected chi connectivity index (χ0v) is 12.9. The molecule has 7 heteroatoms. The first-order valence-corrected chi connectivity index (χ1v) is 6.70. The van der Waals surface area contributed by atoms with E-state index in [0.717, 1.165) is 0 Å². The summed E-state index contributed by atoms with van der Waals surface area (Å²) >= 11 is 0. The van der Waals surface area contributed by atoms with Gasteiger partial charge in [0, 0.05) is 25.1 Å². The number of nitrogens with zero attached hydrogens (tertiary/aromatic N) is 1. The van der Waals surface area contributed by atoms with Crippen LogP contribution in [0.2, 0.25) is 0 Å². The summed E-state index contributed by atoms with van der Waals surface area (Å²) in [5.74, 6) is 4.24. The number of anilines is 1. The van der Waals surface area contributed by atoms with Crippen molar-refractivity contribution in [1.29, 1.82) is 0 Å². The molecule has 120 valence electrons. The van der Waals surface area contributed by atoms with Crippen LogP contribution in [0.25, 0.3) is 0 Å². The predicted octanol–water partition coefficient (Wildman–Crippen LogP) is 1.36. The second kappa shape index (κ2) is 8.40. The molecule has 0 aliphatic heterocycles. The highest BCUT2D eigenvalue weighted by molar-refractivity contribution is 5.97. The number of hydrogen-bond acceptors (Lipinski definition) is 6. The van der Waals surface area contributed by atoms with Crippen LogP contribution >= 0.6 is 0 Å². The Morgan fingerprint density at radius 3 is 1.83 bits per heavy atom. The van der Waals surface area contributed by atoms with E-state index in [2.05, 4.69) is 4.98 Å². The minimum absolute atomic E-state index is 0.199. The van der Waals surface area contributed by atoms with E-state index in [-0.39, 0.29) is 28.9 Å². The summed E-state index contributed by atoms with van der Waals surface area (Å²) in [6.45, 7) is 2.76. The molecule has 0 radical (unpaired) electrons. The summed E-state index contributed by atoms with van der Waals surface area (Å²) in [5.41, 5.74) is 8.94. The Morgan fingerprint density at radius 1 is 0.957 bits per heavy atom. The number of pyridine rings is 1. The number of ketones is 2. The summed E-state index contributed by atoms with van der Waals surface area (Å²) in [6.07, 6.45) is 0. The third-order valence-corrected chi connectivity index (χ3v) is 2.74. The van der Waals surface area contributed by atoms with Gasteiger partial charge in [0.05, 0.1) is 0 Å². The molecule has 1 aromatic heterocycles. The molecule has 1 amide bonds. The van der Waals surface area contributed by atoms with Crippen molar-refractivity contribution >= 4 is 23.2 Å². The number of nitrogens with one attached hydrogen (secondary N) is 1. The van der Waals surface area contributed by atoms with Crippen molar-refractivity contribution in [2.75, 3.05) is 5.73 Å². The number of rotatable bonds is 3. The van der Waals surface area contributed by atoms with Gasteiger partial charge in [-0.3, -0.25) is 19.8 Å². The summed E-state index contributed by atoms with van der Waals surface area (Å²) < 4.78 is 0. The number of nitrogens with two attached hydrogens (primary N) is 2. The lowest BCUT2D eigenvalue weighted by atomic mass is 10.2. The lowest BCUT2D eigenvalue weighted by molar-refractivity contribution is 0.0951. The minimum Gasteiger partial charge on any atom is -0.399 e. The SMILES string of the molecule is CC(=O)c1cc(N)cc(C(C)=O)n1.NNC(=O)c1ccccc1. The van der Waals surface area contributed by atoms with Crippen LogP contribution in [0, 0.1) is 0 Å². The molecule has 0 aliphatic rings. The number of carbonyl (C=O) groups is 3. The fourth-order valence-electron chi connectivity index (χ4n) is 1.59. The Balaban J connectivity index is 0.000000238. The zero-order valence-electron chi connectivity index (χ0n) is 12.9. The predicted molar refractivity (Wildman–Crippen MR) is 86.8 cm³/mol. The second-order valence-electron chi connectivity index (χ2n) is 4.62. The summed E-state index contributed by atoms with van der Waals surface area (Å²) in [5, 5.41) is 0. The Bertz CT molecular complexity index is 682. The van der Waals surface area contributed by atoms with Crippen molar-refractivity contribution in [3.63, 3.8) is 0 Å². The number of carbonyl (C=O) groups excluding carboxylic acids is 3. The van der Waals surface area contributed by atoms with Crippen LogP contribution in [-0.2, 0) is 0 Å².